The summed E-state index contributed by atoms with van der Waals surface area (Å²) in [5.74, 6) is -5.47. The van der Waals surface area contributed by atoms with E-state index in [-0.39, 0.29) is 6.42 Å². The molecule has 12 nitrogen and oxygen atoms in total. The van der Waals surface area contributed by atoms with Crippen molar-refractivity contribution in [3.05, 3.63) is 35.9 Å². The second-order valence-electron chi connectivity index (χ2n) is 6.31. The molecule has 0 bridgehead atoms. The Bertz CT molecular complexity index is 771. The van der Waals surface area contributed by atoms with Crippen LogP contribution in [0, 0.1) is 0 Å². The highest BCUT2D eigenvalue weighted by molar-refractivity contribution is 5.94. The first-order chi connectivity index (χ1) is 14.1. The topological polar surface area (TPSA) is 208 Å². The average Bonchev–Trinajstić information content (AvgIpc) is 2.70. The number of aliphatic carboxylic acids is 2. The third-order valence-corrected chi connectivity index (χ3v) is 3.88. The maximum Gasteiger partial charge on any atom is 0.326 e. The Kier molecular flexibility index (Phi) is 9.92. The van der Waals surface area contributed by atoms with Gasteiger partial charge in [0.25, 0.3) is 0 Å². The van der Waals surface area contributed by atoms with Crippen molar-refractivity contribution in [3.8, 4) is 0 Å². The molecule has 0 spiro atoms. The first kappa shape index (κ1) is 24.5. The quantitative estimate of drug-likeness (QED) is 0.184. The van der Waals surface area contributed by atoms with Gasteiger partial charge in [-0.3, -0.25) is 19.2 Å². The lowest BCUT2D eigenvalue weighted by molar-refractivity contribution is -0.143. The smallest absolute Gasteiger partial charge is 0.326 e. The van der Waals surface area contributed by atoms with Crippen molar-refractivity contribution in [2.45, 2.75) is 31.0 Å². The Morgan fingerprint density at radius 2 is 1.57 bits per heavy atom. The van der Waals surface area contributed by atoms with Crippen molar-refractivity contribution in [3.63, 3.8) is 0 Å². The second kappa shape index (κ2) is 12.1. The van der Waals surface area contributed by atoms with E-state index in [2.05, 4.69) is 16.0 Å². The summed E-state index contributed by atoms with van der Waals surface area (Å²) in [6.07, 6.45) is -0.857. The molecular formula is C18H24N4O8. The van der Waals surface area contributed by atoms with E-state index in [1.807, 2.05) is 0 Å². The van der Waals surface area contributed by atoms with Gasteiger partial charge in [0.15, 0.2) is 0 Å². The molecule has 12 heteroatoms. The van der Waals surface area contributed by atoms with E-state index in [9.17, 15) is 29.1 Å². The van der Waals surface area contributed by atoms with Gasteiger partial charge in [-0.15, -0.1) is 0 Å². The largest absolute Gasteiger partial charge is 0.481 e. The number of benzene rings is 1. The zero-order valence-electron chi connectivity index (χ0n) is 15.9. The molecular weight excluding hydrogens is 400 g/mol. The first-order valence-corrected chi connectivity index (χ1v) is 8.86. The average molecular weight is 424 g/mol. The van der Waals surface area contributed by atoms with E-state index in [1.165, 1.54) is 0 Å². The minimum absolute atomic E-state index is 0.0508. The molecule has 0 saturated heterocycles. The molecule has 1 aromatic carbocycles. The number of nitrogens with two attached hydrogens (primary N) is 1. The van der Waals surface area contributed by atoms with Crippen LogP contribution in [0.5, 0.6) is 0 Å². The van der Waals surface area contributed by atoms with Gasteiger partial charge < -0.3 is 37.0 Å². The summed E-state index contributed by atoms with van der Waals surface area (Å²) >= 11 is 0. The molecule has 0 fully saturated rings. The van der Waals surface area contributed by atoms with Crippen LogP contribution in [0.1, 0.15) is 12.0 Å². The van der Waals surface area contributed by atoms with Crippen molar-refractivity contribution in [1.82, 2.24) is 16.0 Å². The summed E-state index contributed by atoms with van der Waals surface area (Å²) in [7, 11) is 0. The van der Waals surface area contributed by atoms with E-state index in [4.69, 9.17) is 15.9 Å². The predicted octanol–water partition coefficient (Wildman–Crippen LogP) is -2.81. The SMILES string of the molecule is NC(CO)C(=O)NCC(=O)NC(CC(=O)O)C(=O)NC(Cc1ccccc1)C(=O)O. The molecule has 0 heterocycles. The Labute approximate surface area is 171 Å². The number of carboxylic acids is 2. The summed E-state index contributed by atoms with van der Waals surface area (Å²) in [5.41, 5.74) is 5.90. The lowest BCUT2D eigenvalue weighted by atomic mass is 10.1. The molecule has 1 rings (SSSR count). The molecule has 30 heavy (non-hydrogen) atoms. The van der Waals surface area contributed by atoms with Gasteiger partial charge in [-0.2, -0.15) is 0 Å². The maximum atomic E-state index is 12.4. The Hall–Kier alpha value is -3.51. The lowest BCUT2D eigenvalue weighted by Gasteiger charge is -2.21. The van der Waals surface area contributed by atoms with E-state index >= 15 is 0 Å². The summed E-state index contributed by atoms with van der Waals surface area (Å²) in [6, 6.07) is 4.29. The van der Waals surface area contributed by atoms with E-state index in [1.54, 1.807) is 30.3 Å². The monoisotopic (exact) mass is 424 g/mol. The minimum Gasteiger partial charge on any atom is -0.481 e. The van der Waals surface area contributed by atoms with Crippen LogP contribution in [0.3, 0.4) is 0 Å². The zero-order valence-corrected chi connectivity index (χ0v) is 15.9. The third-order valence-electron chi connectivity index (χ3n) is 3.88. The van der Waals surface area contributed by atoms with Gasteiger partial charge in [0.05, 0.1) is 19.6 Å². The van der Waals surface area contributed by atoms with Gasteiger partial charge in [0.1, 0.15) is 18.1 Å². The van der Waals surface area contributed by atoms with Gasteiger partial charge >= 0.3 is 11.9 Å². The Balaban J connectivity index is 2.76. The molecule has 0 aliphatic rings. The number of amides is 3. The van der Waals surface area contributed by atoms with Crippen molar-refractivity contribution in [1.29, 1.82) is 0 Å². The number of hydrogen-bond acceptors (Lipinski definition) is 7. The van der Waals surface area contributed by atoms with Gasteiger partial charge in [0.2, 0.25) is 17.7 Å². The van der Waals surface area contributed by atoms with Crippen molar-refractivity contribution in [2.24, 2.45) is 5.73 Å². The zero-order chi connectivity index (χ0) is 22.7. The van der Waals surface area contributed by atoms with Crippen LogP contribution >= 0.6 is 0 Å². The summed E-state index contributed by atoms with van der Waals surface area (Å²) in [5, 5.41) is 33.6. The van der Waals surface area contributed by atoms with Crippen molar-refractivity contribution < 1.29 is 39.3 Å². The van der Waals surface area contributed by atoms with Crippen LogP contribution in [0.25, 0.3) is 0 Å². The van der Waals surface area contributed by atoms with E-state index < -0.39 is 67.4 Å². The fourth-order valence-corrected chi connectivity index (χ4v) is 2.33. The fourth-order valence-electron chi connectivity index (χ4n) is 2.33. The normalized spacial score (nSPS) is 13.4. The summed E-state index contributed by atoms with van der Waals surface area (Å²) in [6.45, 7) is -1.27. The highest BCUT2D eigenvalue weighted by Gasteiger charge is 2.28. The number of carbonyl (C=O) groups is 5. The molecule has 0 radical (unpaired) electrons. The molecule has 0 aliphatic heterocycles. The number of rotatable bonds is 12. The standard InChI is InChI=1S/C18H24N4O8/c19-11(9-23)16(27)20-8-14(24)21-12(7-15(25)26)17(28)22-13(18(29)30)6-10-4-2-1-3-5-10/h1-5,11-13,23H,6-9,19H2,(H,20,27)(H,21,24)(H,22,28)(H,25,26)(H,29,30). The lowest BCUT2D eigenvalue weighted by Crippen LogP contribution is -2.54. The van der Waals surface area contributed by atoms with Gasteiger partial charge in [-0.1, -0.05) is 30.3 Å². The van der Waals surface area contributed by atoms with E-state index in [0.29, 0.717) is 5.56 Å². The van der Waals surface area contributed by atoms with Crippen LogP contribution in [-0.4, -0.2) is 76.3 Å². The highest BCUT2D eigenvalue weighted by Crippen LogP contribution is 2.04. The molecule has 0 aromatic heterocycles. The molecule has 3 atom stereocenters. The predicted molar refractivity (Wildman–Crippen MR) is 102 cm³/mol. The van der Waals surface area contributed by atoms with Crippen LogP contribution in [0.4, 0.5) is 0 Å². The van der Waals surface area contributed by atoms with Crippen molar-refractivity contribution >= 4 is 29.7 Å². The maximum absolute atomic E-state index is 12.4. The Morgan fingerprint density at radius 3 is 2.10 bits per heavy atom. The number of aliphatic hydroxyl groups is 1. The third kappa shape index (κ3) is 8.67. The Morgan fingerprint density at radius 1 is 0.933 bits per heavy atom. The number of hydrogen-bond donors (Lipinski definition) is 7. The highest BCUT2D eigenvalue weighted by atomic mass is 16.4. The van der Waals surface area contributed by atoms with Gasteiger partial charge in [-0.25, -0.2) is 4.79 Å². The number of aliphatic hydroxyl groups excluding tert-OH is 1. The fraction of sp³-hybridized carbons (Fsp3) is 0.389. The minimum atomic E-state index is -1.57. The van der Waals surface area contributed by atoms with E-state index in [0.717, 1.165) is 0 Å². The molecule has 164 valence electrons. The number of carboxylic acid groups (broad SMARTS) is 2. The summed E-state index contributed by atoms with van der Waals surface area (Å²) < 4.78 is 0. The molecule has 1 aromatic rings. The van der Waals surface area contributed by atoms with Crippen LogP contribution < -0.4 is 21.7 Å². The molecule has 0 aliphatic carbocycles. The van der Waals surface area contributed by atoms with Crippen LogP contribution in [0.15, 0.2) is 30.3 Å². The number of nitrogens with one attached hydrogen (secondary N) is 3. The second-order valence-corrected chi connectivity index (χ2v) is 6.31. The van der Waals surface area contributed by atoms with Crippen LogP contribution in [-0.2, 0) is 30.4 Å². The van der Waals surface area contributed by atoms with Crippen LogP contribution in [0.2, 0.25) is 0 Å². The molecule has 8 N–H and O–H groups in total. The van der Waals surface area contributed by atoms with Gasteiger partial charge in [0, 0.05) is 6.42 Å². The number of carbonyl (C=O) groups excluding carboxylic acids is 3. The first-order valence-electron chi connectivity index (χ1n) is 8.86. The molecule has 3 unspecified atom stereocenters. The summed E-state index contributed by atoms with van der Waals surface area (Å²) in [4.78, 5) is 58.3. The van der Waals surface area contributed by atoms with Crippen molar-refractivity contribution in [2.75, 3.05) is 13.2 Å². The molecule has 3 amide bonds. The van der Waals surface area contributed by atoms with Gasteiger partial charge in [-0.05, 0) is 5.56 Å². The molecule has 0 saturated carbocycles.